The van der Waals surface area contributed by atoms with Gasteiger partial charge in [-0.05, 0) is 36.2 Å². The van der Waals surface area contributed by atoms with Crippen molar-refractivity contribution >= 4 is 11.6 Å². The number of halogens is 1. The average molecular weight is 265 g/mol. The Bertz CT molecular complexity index is 493. The Morgan fingerprint density at radius 3 is 2.50 bits per heavy atom. The fourth-order valence-corrected chi connectivity index (χ4v) is 2.00. The number of rotatable bonds is 5. The zero-order chi connectivity index (χ0) is 13.0. The Morgan fingerprint density at radius 1 is 1.22 bits per heavy atom. The molecule has 1 aromatic carbocycles. The average Bonchev–Trinajstić information content (AvgIpc) is 2.87. The first-order valence-electron chi connectivity index (χ1n) is 6.02. The van der Waals surface area contributed by atoms with Crippen molar-refractivity contribution in [3.8, 4) is 0 Å². The molecule has 3 nitrogen and oxygen atoms in total. The first kappa shape index (κ1) is 13.1. The molecule has 0 aliphatic heterocycles. The molecule has 0 radical (unpaired) electrons. The van der Waals surface area contributed by atoms with Crippen LogP contribution in [0.25, 0.3) is 0 Å². The maximum atomic E-state index is 5.86. The van der Waals surface area contributed by atoms with E-state index < -0.39 is 0 Å². The molecule has 1 atom stereocenters. The molecule has 3 N–H and O–H groups in total. The number of nitrogens with two attached hydrogens (primary N) is 1. The summed E-state index contributed by atoms with van der Waals surface area (Å²) < 4.78 is 5.71. The first-order chi connectivity index (χ1) is 8.72. The van der Waals surface area contributed by atoms with Gasteiger partial charge in [-0.3, -0.25) is 5.84 Å². The van der Waals surface area contributed by atoms with Crippen LogP contribution in [0.3, 0.4) is 0 Å². The molecule has 0 fully saturated rings. The predicted molar refractivity (Wildman–Crippen MR) is 73.3 cm³/mol. The minimum Gasteiger partial charge on any atom is -0.464 e. The molecular weight excluding hydrogens is 248 g/mol. The van der Waals surface area contributed by atoms with Gasteiger partial charge in [0, 0.05) is 11.4 Å². The van der Waals surface area contributed by atoms with Gasteiger partial charge in [-0.15, -0.1) is 0 Å². The lowest BCUT2D eigenvalue weighted by atomic mass is 10.0. The van der Waals surface area contributed by atoms with Crippen LogP contribution >= 0.6 is 11.6 Å². The maximum absolute atomic E-state index is 5.86. The van der Waals surface area contributed by atoms with E-state index in [9.17, 15) is 0 Å². The summed E-state index contributed by atoms with van der Waals surface area (Å²) in [5.74, 6) is 7.44. The monoisotopic (exact) mass is 264 g/mol. The summed E-state index contributed by atoms with van der Waals surface area (Å²) >= 11 is 5.86. The normalized spacial score (nSPS) is 12.6. The highest BCUT2D eigenvalue weighted by Crippen LogP contribution is 2.21. The van der Waals surface area contributed by atoms with Crippen molar-refractivity contribution in [1.82, 2.24) is 5.43 Å². The highest BCUT2D eigenvalue weighted by atomic mass is 35.5. The van der Waals surface area contributed by atoms with Crippen LogP contribution in [0.1, 0.15) is 30.0 Å². The fraction of sp³-hybridized carbons (Fsp3) is 0.286. The number of benzene rings is 1. The molecule has 0 amide bonds. The van der Waals surface area contributed by atoms with Crippen molar-refractivity contribution in [1.29, 1.82) is 0 Å². The quantitative estimate of drug-likeness (QED) is 0.644. The van der Waals surface area contributed by atoms with E-state index in [1.54, 1.807) is 0 Å². The SMILES string of the molecule is CCc1ccc(C(Cc2ccc(Cl)cc2)NN)o1. The van der Waals surface area contributed by atoms with Crippen molar-refractivity contribution in [2.45, 2.75) is 25.8 Å². The minimum absolute atomic E-state index is 0.0218. The van der Waals surface area contributed by atoms with Crippen LogP contribution in [0.15, 0.2) is 40.8 Å². The van der Waals surface area contributed by atoms with E-state index in [1.165, 1.54) is 0 Å². The Morgan fingerprint density at radius 2 is 1.94 bits per heavy atom. The van der Waals surface area contributed by atoms with Gasteiger partial charge in [0.2, 0.25) is 0 Å². The van der Waals surface area contributed by atoms with E-state index in [-0.39, 0.29) is 6.04 Å². The standard InChI is InChI=1S/C14H17ClN2O/c1-2-12-7-8-14(18-12)13(17-16)9-10-3-5-11(15)6-4-10/h3-8,13,17H,2,9,16H2,1H3. The van der Waals surface area contributed by atoms with E-state index in [0.29, 0.717) is 0 Å². The lowest BCUT2D eigenvalue weighted by Gasteiger charge is -2.13. The van der Waals surface area contributed by atoms with Gasteiger partial charge < -0.3 is 4.42 Å². The van der Waals surface area contributed by atoms with Crippen molar-refractivity contribution in [2.24, 2.45) is 5.84 Å². The number of aryl methyl sites for hydroxylation is 1. The minimum atomic E-state index is -0.0218. The molecular formula is C14H17ClN2O. The molecule has 0 saturated carbocycles. The van der Waals surface area contributed by atoms with Crippen LogP contribution in [-0.4, -0.2) is 0 Å². The highest BCUT2D eigenvalue weighted by Gasteiger charge is 2.14. The molecule has 1 unspecified atom stereocenters. The molecule has 0 spiro atoms. The van der Waals surface area contributed by atoms with E-state index in [0.717, 1.165) is 34.9 Å². The zero-order valence-corrected chi connectivity index (χ0v) is 11.1. The number of hydrogen-bond donors (Lipinski definition) is 2. The number of furan rings is 1. The molecule has 0 bridgehead atoms. The van der Waals surface area contributed by atoms with Gasteiger partial charge in [0.25, 0.3) is 0 Å². The Labute approximate surface area is 112 Å². The van der Waals surface area contributed by atoms with Gasteiger partial charge in [-0.2, -0.15) is 0 Å². The van der Waals surface area contributed by atoms with E-state index in [4.69, 9.17) is 21.9 Å². The van der Waals surface area contributed by atoms with Gasteiger partial charge in [-0.25, -0.2) is 5.43 Å². The third kappa shape index (κ3) is 3.13. The number of hydrogen-bond acceptors (Lipinski definition) is 3. The summed E-state index contributed by atoms with van der Waals surface area (Å²) in [7, 11) is 0. The largest absolute Gasteiger partial charge is 0.464 e. The van der Waals surface area contributed by atoms with Crippen LogP contribution < -0.4 is 11.3 Å². The Balaban J connectivity index is 2.11. The molecule has 1 heterocycles. The summed E-state index contributed by atoms with van der Waals surface area (Å²) in [6.07, 6.45) is 1.66. The fourth-order valence-electron chi connectivity index (χ4n) is 1.87. The zero-order valence-electron chi connectivity index (χ0n) is 10.3. The summed E-state index contributed by atoms with van der Waals surface area (Å²) in [5, 5.41) is 0.738. The van der Waals surface area contributed by atoms with Gasteiger partial charge >= 0.3 is 0 Å². The van der Waals surface area contributed by atoms with Crippen molar-refractivity contribution in [2.75, 3.05) is 0 Å². The Kier molecular flexibility index (Phi) is 4.42. The molecule has 4 heteroatoms. The van der Waals surface area contributed by atoms with Crippen molar-refractivity contribution in [3.05, 3.63) is 58.5 Å². The smallest absolute Gasteiger partial charge is 0.122 e. The van der Waals surface area contributed by atoms with E-state index in [1.807, 2.05) is 36.4 Å². The summed E-state index contributed by atoms with van der Waals surface area (Å²) in [5.41, 5.74) is 3.96. The third-order valence-electron chi connectivity index (χ3n) is 2.93. The van der Waals surface area contributed by atoms with Crippen LogP contribution in [0.5, 0.6) is 0 Å². The first-order valence-corrected chi connectivity index (χ1v) is 6.40. The summed E-state index contributed by atoms with van der Waals surface area (Å²) in [4.78, 5) is 0. The van der Waals surface area contributed by atoms with Crippen LogP contribution in [0.2, 0.25) is 5.02 Å². The summed E-state index contributed by atoms with van der Waals surface area (Å²) in [6, 6.07) is 11.7. The third-order valence-corrected chi connectivity index (χ3v) is 3.18. The van der Waals surface area contributed by atoms with E-state index in [2.05, 4.69) is 12.3 Å². The molecule has 0 aliphatic rings. The molecule has 0 aliphatic carbocycles. The van der Waals surface area contributed by atoms with Gasteiger partial charge in [0.05, 0.1) is 6.04 Å². The lowest BCUT2D eigenvalue weighted by Crippen LogP contribution is -2.29. The highest BCUT2D eigenvalue weighted by molar-refractivity contribution is 6.30. The Hall–Kier alpha value is -1.29. The second-order valence-corrected chi connectivity index (χ2v) is 4.64. The molecule has 2 rings (SSSR count). The molecule has 18 heavy (non-hydrogen) atoms. The molecule has 2 aromatic rings. The van der Waals surface area contributed by atoms with Crippen LogP contribution in [-0.2, 0) is 12.8 Å². The number of hydrazine groups is 1. The molecule has 0 saturated heterocycles. The van der Waals surface area contributed by atoms with Gasteiger partial charge in [-0.1, -0.05) is 30.7 Å². The second-order valence-electron chi connectivity index (χ2n) is 4.21. The molecule has 96 valence electrons. The number of nitrogens with one attached hydrogen (secondary N) is 1. The topological polar surface area (TPSA) is 51.2 Å². The summed E-state index contributed by atoms with van der Waals surface area (Å²) in [6.45, 7) is 2.06. The predicted octanol–water partition coefficient (Wildman–Crippen LogP) is 3.24. The van der Waals surface area contributed by atoms with Crippen molar-refractivity contribution in [3.63, 3.8) is 0 Å². The second kappa shape index (κ2) is 6.05. The van der Waals surface area contributed by atoms with Gasteiger partial charge in [0.15, 0.2) is 0 Å². The maximum Gasteiger partial charge on any atom is 0.122 e. The van der Waals surface area contributed by atoms with Crippen molar-refractivity contribution < 1.29 is 4.42 Å². The van der Waals surface area contributed by atoms with Crippen LogP contribution in [0.4, 0.5) is 0 Å². The van der Waals surface area contributed by atoms with Crippen LogP contribution in [0, 0.1) is 0 Å². The molecule has 1 aromatic heterocycles. The van der Waals surface area contributed by atoms with E-state index >= 15 is 0 Å². The lowest BCUT2D eigenvalue weighted by molar-refractivity contribution is 0.396. The van der Waals surface area contributed by atoms with Gasteiger partial charge in [0.1, 0.15) is 11.5 Å².